The highest BCUT2D eigenvalue weighted by Crippen LogP contribution is 2.20. The second-order valence-corrected chi connectivity index (χ2v) is 4.10. The zero-order chi connectivity index (χ0) is 13.7. The van der Waals surface area contributed by atoms with Crippen molar-refractivity contribution in [2.24, 2.45) is 0 Å². The van der Waals surface area contributed by atoms with Gasteiger partial charge in [0.1, 0.15) is 5.75 Å². The van der Waals surface area contributed by atoms with Crippen LogP contribution in [0.2, 0.25) is 0 Å². The quantitative estimate of drug-likeness (QED) is 0.854. The van der Waals surface area contributed by atoms with Gasteiger partial charge in [-0.2, -0.15) is 0 Å². The van der Waals surface area contributed by atoms with E-state index in [1.807, 2.05) is 32.0 Å². The number of amides is 3. The lowest BCUT2D eigenvalue weighted by Crippen LogP contribution is -2.44. The molecule has 0 aromatic heterocycles. The summed E-state index contributed by atoms with van der Waals surface area (Å²) in [5.41, 5.74) is 2.00. The normalized spacial score (nSPS) is 11.6. The molecular formula is C13H18N2O3. The van der Waals surface area contributed by atoms with Crippen LogP contribution in [0, 0.1) is 13.8 Å². The van der Waals surface area contributed by atoms with E-state index >= 15 is 0 Å². The fourth-order valence-electron chi connectivity index (χ4n) is 1.35. The molecule has 5 heteroatoms. The van der Waals surface area contributed by atoms with E-state index in [1.165, 1.54) is 7.05 Å². The molecule has 5 nitrogen and oxygen atoms in total. The first-order chi connectivity index (χ1) is 8.43. The predicted molar refractivity (Wildman–Crippen MR) is 68.6 cm³/mol. The molecule has 0 spiro atoms. The van der Waals surface area contributed by atoms with Crippen LogP contribution in [0.5, 0.6) is 5.75 Å². The molecule has 18 heavy (non-hydrogen) atoms. The smallest absolute Gasteiger partial charge is 0.321 e. The van der Waals surface area contributed by atoms with Crippen LogP contribution in [0.15, 0.2) is 18.2 Å². The van der Waals surface area contributed by atoms with Gasteiger partial charge in [0.2, 0.25) is 0 Å². The van der Waals surface area contributed by atoms with Gasteiger partial charge in [0.05, 0.1) is 0 Å². The summed E-state index contributed by atoms with van der Waals surface area (Å²) in [6, 6.07) is 5.21. The standard InChI is InChI=1S/C13H18N2O3/c1-8-5-6-9(2)11(7-8)18-10(3)12(16)15-13(17)14-4/h5-7,10H,1-4H3,(H2,14,15,16,17)/t10-/m1/s1. The van der Waals surface area contributed by atoms with Crippen molar-refractivity contribution >= 4 is 11.9 Å². The van der Waals surface area contributed by atoms with E-state index < -0.39 is 18.0 Å². The molecule has 1 aromatic carbocycles. The second-order valence-electron chi connectivity index (χ2n) is 4.10. The molecule has 1 atom stereocenters. The van der Waals surface area contributed by atoms with Crippen molar-refractivity contribution in [1.29, 1.82) is 0 Å². The molecule has 0 saturated carbocycles. The lowest BCUT2D eigenvalue weighted by Gasteiger charge is -2.16. The number of urea groups is 1. The average Bonchev–Trinajstić information content (AvgIpc) is 2.33. The van der Waals surface area contributed by atoms with Crippen LogP contribution in [0.3, 0.4) is 0 Å². The average molecular weight is 250 g/mol. The highest BCUT2D eigenvalue weighted by molar-refractivity contribution is 5.96. The third-order valence-electron chi connectivity index (χ3n) is 2.48. The Kier molecular flexibility index (Phi) is 4.71. The van der Waals surface area contributed by atoms with Crippen molar-refractivity contribution in [1.82, 2.24) is 10.6 Å². The van der Waals surface area contributed by atoms with Gasteiger partial charge in [-0.1, -0.05) is 12.1 Å². The topological polar surface area (TPSA) is 67.4 Å². The van der Waals surface area contributed by atoms with Crippen LogP contribution in [0.4, 0.5) is 4.79 Å². The van der Waals surface area contributed by atoms with Gasteiger partial charge in [-0.25, -0.2) is 4.79 Å². The number of carbonyl (C=O) groups excluding carboxylic acids is 2. The molecule has 2 N–H and O–H groups in total. The minimum absolute atomic E-state index is 0.477. The maximum Gasteiger partial charge on any atom is 0.321 e. The van der Waals surface area contributed by atoms with Crippen LogP contribution in [0.25, 0.3) is 0 Å². The Morgan fingerprint density at radius 3 is 2.56 bits per heavy atom. The molecule has 0 unspecified atom stereocenters. The first kappa shape index (κ1) is 14.0. The van der Waals surface area contributed by atoms with Crippen LogP contribution >= 0.6 is 0 Å². The van der Waals surface area contributed by atoms with Crippen molar-refractivity contribution in [2.75, 3.05) is 7.05 Å². The van der Waals surface area contributed by atoms with Gasteiger partial charge in [-0.15, -0.1) is 0 Å². The van der Waals surface area contributed by atoms with Crippen molar-refractivity contribution in [3.05, 3.63) is 29.3 Å². The molecule has 0 saturated heterocycles. The van der Waals surface area contributed by atoms with E-state index in [2.05, 4.69) is 10.6 Å². The first-order valence-corrected chi connectivity index (χ1v) is 5.70. The van der Waals surface area contributed by atoms with Crippen LogP contribution in [-0.2, 0) is 4.79 Å². The van der Waals surface area contributed by atoms with Crippen molar-refractivity contribution in [2.45, 2.75) is 26.9 Å². The minimum Gasteiger partial charge on any atom is -0.481 e. The van der Waals surface area contributed by atoms with Gasteiger partial charge in [0.25, 0.3) is 5.91 Å². The highest BCUT2D eigenvalue weighted by atomic mass is 16.5. The van der Waals surface area contributed by atoms with Gasteiger partial charge in [-0.3, -0.25) is 10.1 Å². The van der Waals surface area contributed by atoms with Gasteiger partial charge in [-0.05, 0) is 38.0 Å². The molecule has 0 fully saturated rings. The predicted octanol–water partition coefficient (Wildman–Crippen LogP) is 1.53. The third-order valence-corrected chi connectivity index (χ3v) is 2.48. The monoisotopic (exact) mass is 250 g/mol. The molecule has 0 aliphatic rings. The highest BCUT2D eigenvalue weighted by Gasteiger charge is 2.17. The maximum atomic E-state index is 11.6. The number of hydrogen-bond donors (Lipinski definition) is 2. The van der Waals surface area contributed by atoms with Crippen LogP contribution < -0.4 is 15.4 Å². The van der Waals surface area contributed by atoms with Gasteiger partial charge in [0.15, 0.2) is 6.10 Å². The van der Waals surface area contributed by atoms with E-state index in [9.17, 15) is 9.59 Å². The number of aryl methyl sites for hydroxylation is 2. The van der Waals surface area contributed by atoms with E-state index in [-0.39, 0.29) is 0 Å². The molecule has 1 rings (SSSR count). The molecular weight excluding hydrogens is 232 g/mol. The number of benzene rings is 1. The number of rotatable bonds is 3. The number of carbonyl (C=O) groups is 2. The van der Waals surface area contributed by atoms with E-state index in [4.69, 9.17) is 4.74 Å². The number of ether oxygens (including phenoxy) is 1. The zero-order valence-corrected chi connectivity index (χ0v) is 11.0. The fraction of sp³-hybridized carbons (Fsp3) is 0.385. The van der Waals surface area contributed by atoms with Gasteiger partial charge in [0, 0.05) is 7.05 Å². The Balaban J connectivity index is 2.69. The van der Waals surface area contributed by atoms with E-state index in [0.29, 0.717) is 5.75 Å². The van der Waals surface area contributed by atoms with Crippen molar-refractivity contribution < 1.29 is 14.3 Å². The Labute approximate surface area is 107 Å². The maximum absolute atomic E-state index is 11.6. The Morgan fingerprint density at radius 2 is 1.94 bits per heavy atom. The second kappa shape index (κ2) is 6.05. The molecule has 3 amide bonds. The summed E-state index contributed by atoms with van der Waals surface area (Å²) in [6.07, 6.45) is -0.734. The molecule has 0 aliphatic carbocycles. The summed E-state index contributed by atoms with van der Waals surface area (Å²) < 4.78 is 5.54. The molecule has 0 bridgehead atoms. The first-order valence-electron chi connectivity index (χ1n) is 5.70. The van der Waals surface area contributed by atoms with E-state index in [1.54, 1.807) is 6.92 Å². The summed E-state index contributed by atoms with van der Waals surface area (Å²) in [6.45, 7) is 5.44. The SMILES string of the molecule is CNC(=O)NC(=O)[C@@H](C)Oc1cc(C)ccc1C. The van der Waals surface area contributed by atoms with Crippen LogP contribution in [-0.4, -0.2) is 25.1 Å². The minimum atomic E-state index is -0.734. The summed E-state index contributed by atoms with van der Waals surface area (Å²) in [5, 5.41) is 4.48. The number of hydrogen-bond acceptors (Lipinski definition) is 3. The third kappa shape index (κ3) is 3.76. The molecule has 1 aromatic rings. The summed E-state index contributed by atoms with van der Waals surface area (Å²) in [4.78, 5) is 22.6. The largest absolute Gasteiger partial charge is 0.481 e. The summed E-state index contributed by atoms with van der Waals surface area (Å²) in [7, 11) is 1.44. The van der Waals surface area contributed by atoms with Crippen molar-refractivity contribution in [3.8, 4) is 5.75 Å². The summed E-state index contributed by atoms with van der Waals surface area (Å²) >= 11 is 0. The Bertz CT molecular complexity index is 458. The Morgan fingerprint density at radius 1 is 1.28 bits per heavy atom. The van der Waals surface area contributed by atoms with E-state index in [0.717, 1.165) is 11.1 Å². The zero-order valence-electron chi connectivity index (χ0n) is 11.0. The van der Waals surface area contributed by atoms with Gasteiger partial charge < -0.3 is 10.1 Å². The lowest BCUT2D eigenvalue weighted by molar-refractivity contribution is -0.126. The van der Waals surface area contributed by atoms with Crippen LogP contribution in [0.1, 0.15) is 18.1 Å². The van der Waals surface area contributed by atoms with Crippen molar-refractivity contribution in [3.63, 3.8) is 0 Å². The summed E-state index contributed by atoms with van der Waals surface area (Å²) in [5.74, 6) is 0.171. The number of imide groups is 1. The molecule has 98 valence electrons. The lowest BCUT2D eigenvalue weighted by atomic mass is 10.1. The number of nitrogens with one attached hydrogen (secondary N) is 2. The molecule has 0 aliphatic heterocycles. The Hall–Kier alpha value is -2.04. The fourth-order valence-corrected chi connectivity index (χ4v) is 1.35. The molecule has 0 radical (unpaired) electrons. The van der Waals surface area contributed by atoms with Gasteiger partial charge >= 0.3 is 6.03 Å². The molecule has 0 heterocycles.